The maximum absolute atomic E-state index is 10.2. The van der Waals surface area contributed by atoms with Crippen LogP contribution in [0.2, 0.25) is 0 Å². The first-order valence-corrected chi connectivity index (χ1v) is 12.6. The molecule has 0 heterocycles. The third-order valence-corrected chi connectivity index (χ3v) is 10.3. The second-order valence-electron chi connectivity index (χ2n) is 12.6. The zero-order chi connectivity index (χ0) is 21.0. The zero-order valence-corrected chi connectivity index (χ0v) is 19.7. The Morgan fingerprint density at radius 3 is 2.59 bits per heavy atom. The van der Waals surface area contributed by atoms with Crippen molar-refractivity contribution < 1.29 is 10.2 Å². The molecule has 0 spiro atoms. The summed E-state index contributed by atoms with van der Waals surface area (Å²) < 4.78 is 0. The van der Waals surface area contributed by atoms with Gasteiger partial charge < -0.3 is 10.2 Å². The van der Waals surface area contributed by atoms with Crippen molar-refractivity contribution in [2.45, 2.75) is 117 Å². The van der Waals surface area contributed by atoms with E-state index in [2.05, 4.69) is 26.8 Å². The predicted octanol–water partition coefficient (Wildman–Crippen LogP) is 6.50. The Bertz CT molecular complexity index is 631. The van der Waals surface area contributed by atoms with Crippen molar-refractivity contribution in [2.75, 3.05) is 0 Å². The molecule has 0 aliphatic heterocycles. The van der Waals surface area contributed by atoms with E-state index in [9.17, 15) is 10.2 Å². The lowest BCUT2D eigenvalue weighted by Crippen LogP contribution is -2.50. The maximum atomic E-state index is 10.2. The molecule has 0 saturated heterocycles. The SMILES string of the molecule is C[C@@H](CCCC(C)(C)O)[C@H]1CC[C@@H]2[C@H]3CC=C4C[C@@H](O)CC[C@]4(C)[C@@H]3CC[C@@]21C. The molecule has 3 fully saturated rings. The fraction of sp³-hybridized carbons (Fsp3) is 0.926. The van der Waals surface area contributed by atoms with Gasteiger partial charge in [-0.1, -0.05) is 45.3 Å². The van der Waals surface area contributed by atoms with Crippen LogP contribution in [-0.4, -0.2) is 21.9 Å². The van der Waals surface area contributed by atoms with Crippen LogP contribution in [0.5, 0.6) is 0 Å². The van der Waals surface area contributed by atoms with E-state index in [4.69, 9.17) is 0 Å². The highest BCUT2D eigenvalue weighted by atomic mass is 16.3. The zero-order valence-electron chi connectivity index (χ0n) is 19.7. The number of rotatable bonds is 5. The molecule has 29 heavy (non-hydrogen) atoms. The van der Waals surface area contributed by atoms with Crippen molar-refractivity contribution >= 4 is 0 Å². The van der Waals surface area contributed by atoms with E-state index in [1.807, 2.05) is 13.8 Å². The van der Waals surface area contributed by atoms with Crippen LogP contribution in [0.25, 0.3) is 0 Å². The average Bonchev–Trinajstić information content (AvgIpc) is 2.98. The molecule has 0 radical (unpaired) electrons. The molecule has 4 aliphatic carbocycles. The normalized spacial score (nSPS) is 45.8. The first-order valence-electron chi connectivity index (χ1n) is 12.6. The minimum absolute atomic E-state index is 0.0969. The lowest BCUT2D eigenvalue weighted by Gasteiger charge is -2.58. The van der Waals surface area contributed by atoms with Crippen LogP contribution < -0.4 is 0 Å². The van der Waals surface area contributed by atoms with Gasteiger partial charge in [0.1, 0.15) is 0 Å². The minimum Gasteiger partial charge on any atom is -0.393 e. The predicted molar refractivity (Wildman–Crippen MR) is 121 cm³/mol. The van der Waals surface area contributed by atoms with Crippen molar-refractivity contribution in [3.63, 3.8) is 0 Å². The number of aliphatic hydroxyl groups excluding tert-OH is 1. The Kier molecular flexibility index (Phi) is 5.78. The molecule has 0 aromatic rings. The molecular weight excluding hydrogens is 356 g/mol. The van der Waals surface area contributed by atoms with Gasteiger partial charge in [0.25, 0.3) is 0 Å². The molecule has 0 unspecified atom stereocenters. The summed E-state index contributed by atoms with van der Waals surface area (Å²) in [6.07, 6.45) is 15.9. The van der Waals surface area contributed by atoms with Crippen molar-refractivity contribution in [2.24, 2.45) is 40.4 Å². The summed E-state index contributed by atoms with van der Waals surface area (Å²) in [7, 11) is 0. The van der Waals surface area contributed by atoms with Gasteiger partial charge in [-0.05, 0) is 112 Å². The molecule has 0 amide bonds. The van der Waals surface area contributed by atoms with Gasteiger partial charge in [-0.2, -0.15) is 0 Å². The van der Waals surface area contributed by atoms with E-state index in [-0.39, 0.29) is 6.10 Å². The maximum Gasteiger partial charge on any atom is 0.0591 e. The number of hydrogen-bond donors (Lipinski definition) is 2. The number of fused-ring (bicyclic) bond motifs is 5. The van der Waals surface area contributed by atoms with Crippen molar-refractivity contribution in [3.05, 3.63) is 11.6 Å². The molecule has 0 aromatic heterocycles. The highest BCUT2D eigenvalue weighted by molar-refractivity contribution is 5.25. The molecule has 2 N–H and O–H groups in total. The quantitative estimate of drug-likeness (QED) is 0.515. The van der Waals surface area contributed by atoms with Crippen molar-refractivity contribution in [1.29, 1.82) is 0 Å². The van der Waals surface area contributed by atoms with Gasteiger partial charge in [-0.25, -0.2) is 0 Å². The van der Waals surface area contributed by atoms with Crippen LogP contribution in [0.3, 0.4) is 0 Å². The van der Waals surface area contributed by atoms with E-state index in [0.29, 0.717) is 10.8 Å². The Balaban J connectivity index is 1.47. The lowest BCUT2D eigenvalue weighted by molar-refractivity contribution is -0.0575. The van der Waals surface area contributed by atoms with Gasteiger partial charge in [-0.15, -0.1) is 0 Å². The molecule has 4 rings (SSSR count). The van der Waals surface area contributed by atoms with Gasteiger partial charge in [-0.3, -0.25) is 0 Å². The first-order chi connectivity index (χ1) is 13.5. The third kappa shape index (κ3) is 3.86. The summed E-state index contributed by atoms with van der Waals surface area (Å²) in [5.41, 5.74) is 1.95. The van der Waals surface area contributed by atoms with Gasteiger partial charge in [0.05, 0.1) is 11.7 Å². The third-order valence-electron chi connectivity index (χ3n) is 10.3. The van der Waals surface area contributed by atoms with E-state index in [0.717, 1.165) is 55.3 Å². The molecule has 3 saturated carbocycles. The van der Waals surface area contributed by atoms with E-state index >= 15 is 0 Å². The van der Waals surface area contributed by atoms with Crippen LogP contribution in [-0.2, 0) is 0 Å². The van der Waals surface area contributed by atoms with Crippen LogP contribution in [0.15, 0.2) is 11.6 Å². The number of aliphatic hydroxyl groups is 2. The number of hydrogen-bond acceptors (Lipinski definition) is 2. The molecule has 0 bridgehead atoms. The lowest BCUT2D eigenvalue weighted by atomic mass is 9.47. The molecule has 0 aromatic carbocycles. The largest absolute Gasteiger partial charge is 0.393 e. The standard InChI is InChI=1S/C27H46O2/c1-18(7-6-14-25(2,3)29)22-10-11-23-21-9-8-19-17-20(28)12-15-26(19,4)24(21)13-16-27(22,23)5/h8,18,20-24,28-29H,6-7,9-17H2,1-5H3/t18-,20-,21+,22+,23+,24+,26-,27+/m0/s1. The average molecular weight is 403 g/mol. The fourth-order valence-electron chi connectivity index (χ4n) is 8.67. The van der Waals surface area contributed by atoms with Gasteiger partial charge >= 0.3 is 0 Å². The van der Waals surface area contributed by atoms with Crippen LogP contribution >= 0.6 is 0 Å². The molecular formula is C27H46O2. The summed E-state index contributed by atoms with van der Waals surface area (Å²) in [5.74, 6) is 4.24. The summed E-state index contributed by atoms with van der Waals surface area (Å²) >= 11 is 0. The second kappa shape index (κ2) is 7.66. The van der Waals surface area contributed by atoms with E-state index in [1.54, 1.807) is 5.57 Å². The molecule has 8 atom stereocenters. The summed E-state index contributed by atoms with van der Waals surface area (Å²) in [4.78, 5) is 0. The van der Waals surface area contributed by atoms with Crippen molar-refractivity contribution in [3.8, 4) is 0 Å². The van der Waals surface area contributed by atoms with E-state index < -0.39 is 5.60 Å². The van der Waals surface area contributed by atoms with Crippen molar-refractivity contribution in [1.82, 2.24) is 0 Å². The highest BCUT2D eigenvalue weighted by Gasteiger charge is 2.59. The Morgan fingerprint density at radius 1 is 1.10 bits per heavy atom. The second-order valence-corrected chi connectivity index (χ2v) is 12.6. The molecule has 166 valence electrons. The smallest absolute Gasteiger partial charge is 0.0591 e. The van der Waals surface area contributed by atoms with Gasteiger partial charge in [0.15, 0.2) is 0 Å². The molecule has 4 aliphatic rings. The summed E-state index contributed by atoms with van der Waals surface area (Å²) in [5, 5.41) is 20.3. The van der Waals surface area contributed by atoms with Crippen LogP contribution in [0.1, 0.15) is 105 Å². The summed E-state index contributed by atoms with van der Waals surface area (Å²) in [6.45, 7) is 11.6. The Morgan fingerprint density at radius 2 is 1.86 bits per heavy atom. The Labute approximate surface area is 179 Å². The van der Waals surface area contributed by atoms with E-state index in [1.165, 1.54) is 44.9 Å². The molecule has 2 nitrogen and oxygen atoms in total. The topological polar surface area (TPSA) is 40.5 Å². The minimum atomic E-state index is -0.519. The monoisotopic (exact) mass is 402 g/mol. The number of allylic oxidation sites excluding steroid dienone is 1. The van der Waals surface area contributed by atoms with Gasteiger partial charge in [0, 0.05) is 0 Å². The fourth-order valence-corrected chi connectivity index (χ4v) is 8.67. The Hall–Kier alpha value is -0.340. The molecule has 2 heteroatoms. The summed E-state index contributed by atoms with van der Waals surface area (Å²) in [6, 6.07) is 0. The first kappa shape index (κ1) is 21.9. The van der Waals surface area contributed by atoms with Gasteiger partial charge in [0.2, 0.25) is 0 Å². The van der Waals surface area contributed by atoms with Crippen LogP contribution in [0, 0.1) is 40.4 Å². The van der Waals surface area contributed by atoms with Crippen LogP contribution in [0.4, 0.5) is 0 Å². The highest BCUT2D eigenvalue weighted by Crippen LogP contribution is 2.67.